The van der Waals surface area contributed by atoms with Gasteiger partial charge in [0.1, 0.15) is 0 Å². The molecule has 0 aliphatic carbocycles. The second kappa shape index (κ2) is 8.63. The SMILES string of the molecule is CCC1(C(=O)Nc2cc(C(F)(F)F)cc(C(F)(F)F)c2)CN(c2c(C)cccc2C)C(=O)C1C. The number of nitrogens with one attached hydrogen (secondary N) is 1. The summed E-state index contributed by atoms with van der Waals surface area (Å²) >= 11 is 0. The highest BCUT2D eigenvalue weighted by atomic mass is 19.4. The standard InChI is InChI=1S/C24H24F6N2O2/c1-5-22(12-32(20(33)15(22)4)19-13(2)7-6-8-14(19)3)21(34)31-18-10-16(23(25,26)27)9-17(11-18)24(28,29)30/h6-11,15H,5,12H2,1-4H3,(H,31,34). The second-order valence-corrected chi connectivity index (χ2v) is 8.64. The summed E-state index contributed by atoms with van der Waals surface area (Å²) < 4.78 is 79.3. The Hall–Kier alpha value is -3.04. The molecule has 1 heterocycles. The van der Waals surface area contributed by atoms with Crippen molar-refractivity contribution in [2.75, 3.05) is 16.8 Å². The molecule has 1 fully saturated rings. The van der Waals surface area contributed by atoms with Gasteiger partial charge in [-0.2, -0.15) is 26.3 Å². The van der Waals surface area contributed by atoms with Crippen LogP contribution in [0.3, 0.4) is 0 Å². The number of aryl methyl sites for hydroxylation is 2. The minimum Gasteiger partial charge on any atom is -0.326 e. The van der Waals surface area contributed by atoms with Crippen LogP contribution in [0.5, 0.6) is 0 Å². The maximum Gasteiger partial charge on any atom is 0.416 e. The molecule has 10 heteroatoms. The van der Waals surface area contributed by atoms with Crippen molar-refractivity contribution in [3.63, 3.8) is 0 Å². The van der Waals surface area contributed by atoms with E-state index in [-0.39, 0.29) is 24.9 Å². The van der Waals surface area contributed by atoms with Crippen LogP contribution in [0.2, 0.25) is 0 Å². The van der Waals surface area contributed by atoms with Crippen molar-refractivity contribution in [1.82, 2.24) is 0 Å². The highest BCUT2D eigenvalue weighted by Crippen LogP contribution is 2.45. The monoisotopic (exact) mass is 486 g/mol. The number of alkyl halides is 6. The highest BCUT2D eigenvalue weighted by Gasteiger charge is 2.54. The Morgan fingerprint density at radius 3 is 1.97 bits per heavy atom. The van der Waals surface area contributed by atoms with Crippen LogP contribution in [0.15, 0.2) is 36.4 Å². The summed E-state index contributed by atoms with van der Waals surface area (Å²) in [6.45, 7) is 6.78. The fraction of sp³-hybridized carbons (Fsp3) is 0.417. The summed E-state index contributed by atoms with van der Waals surface area (Å²) in [5.41, 5.74) is -2.79. The number of para-hydroxylation sites is 1. The molecular formula is C24H24F6N2O2. The van der Waals surface area contributed by atoms with E-state index < -0.39 is 46.4 Å². The van der Waals surface area contributed by atoms with Crippen molar-refractivity contribution < 1.29 is 35.9 Å². The van der Waals surface area contributed by atoms with Gasteiger partial charge in [-0.05, 0) is 49.6 Å². The second-order valence-electron chi connectivity index (χ2n) is 8.64. The van der Waals surface area contributed by atoms with Crippen molar-refractivity contribution in [2.45, 2.75) is 46.5 Å². The van der Waals surface area contributed by atoms with Crippen molar-refractivity contribution in [2.24, 2.45) is 11.3 Å². The number of hydrogen-bond acceptors (Lipinski definition) is 2. The average molecular weight is 486 g/mol. The van der Waals surface area contributed by atoms with Gasteiger partial charge in [0, 0.05) is 17.9 Å². The van der Waals surface area contributed by atoms with E-state index in [9.17, 15) is 35.9 Å². The van der Waals surface area contributed by atoms with Gasteiger partial charge in [0.25, 0.3) is 0 Å². The first-order valence-electron chi connectivity index (χ1n) is 10.6. The predicted molar refractivity (Wildman–Crippen MR) is 115 cm³/mol. The van der Waals surface area contributed by atoms with Gasteiger partial charge in [-0.25, -0.2) is 0 Å². The zero-order valence-electron chi connectivity index (χ0n) is 19.0. The highest BCUT2D eigenvalue weighted by molar-refractivity contribution is 6.07. The third-order valence-electron chi connectivity index (χ3n) is 6.54. The van der Waals surface area contributed by atoms with Crippen LogP contribution in [0.25, 0.3) is 0 Å². The van der Waals surface area contributed by atoms with E-state index in [0.29, 0.717) is 17.8 Å². The topological polar surface area (TPSA) is 49.4 Å². The third kappa shape index (κ3) is 4.50. The Morgan fingerprint density at radius 1 is 1.03 bits per heavy atom. The molecule has 1 aliphatic heterocycles. The quantitative estimate of drug-likeness (QED) is 0.512. The van der Waals surface area contributed by atoms with Gasteiger partial charge in [0.2, 0.25) is 11.8 Å². The van der Waals surface area contributed by atoms with E-state index in [1.807, 2.05) is 32.0 Å². The number of benzene rings is 2. The van der Waals surface area contributed by atoms with Crippen molar-refractivity contribution in [3.8, 4) is 0 Å². The van der Waals surface area contributed by atoms with Crippen molar-refractivity contribution in [1.29, 1.82) is 0 Å². The average Bonchev–Trinajstić information content (AvgIpc) is 2.98. The number of carbonyl (C=O) groups excluding carboxylic acids is 2. The lowest BCUT2D eigenvalue weighted by molar-refractivity contribution is -0.143. The Morgan fingerprint density at radius 2 is 1.53 bits per heavy atom. The van der Waals surface area contributed by atoms with E-state index in [1.54, 1.807) is 13.8 Å². The third-order valence-corrected chi connectivity index (χ3v) is 6.54. The number of rotatable bonds is 4. The lowest BCUT2D eigenvalue weighted by atomic mass is 9.75. The Bertz CT molecular complexity index is 1070. The molecule has 2 aromatic carbocycles. The molecule has 2 unspecified atom stereocenters. The summed E-state index contributed by atoms with van der Waals surface area (Å²) in [7, 11) is 0. The molecule has 2 amide bonds. The minimum atomic E-state index is -5.04. The lowest BCUT2D eigenvalue weighted by Crippen LogP contribution is -2.42. The smallest absolute Gasteiger partial charge is 0.326 e. The van der Waals surface area contributed by atoms with Crippen LogP contribution in [0.4, 0.5) is 37.7 Å². The van der Waals surface area contributed by atoms with Gasteiger partial charge in [-0.15, -0.1) is 0 Å². The van der Waals surface area contributed by atoms with Crippen LogP contribution in [-0.4, -0.2) is 18.4 Å². The molecule has 1 saturated heterocycles. The molecule has 3 rings (SSSR count). The molecule has 184 valence electrons. The summed E-state index contributed by atoms with van der Waals surface area (Å²) in [4.78, 5) is 28.0. The van der Waals surface area contributed by atoms with Gasteiger partial charge < -0.3 is 10.2 Å². The molecule has 1 aliphatic rings. The van der Waals surface area contributed by atoms with Crippen molar-refractivity contribution >= 4 is 23.2 Å². The molecule has 0 aromatic heterocycles. The first-order valence-corrected chi connectivity index (χ1v) is 10.6. The van der Waals surface area contributed by atoms with E-state index in [1.165, 1.54) is 4.90 Å². The molecule has 2 aromatic rings. The van der Waals surface area contributed by atoms with Crippen LogP contribution >= 0.6 is 0 Å². The molecule has 0 saturated carbocycles. The first kappa shape index (κ1) is 25.6. The van der Waals surface area contributed by atoms with Gasteiger partial charge in [-0.1, -0.05) is 32.0 Å². The number of halogens is 6. The molecular weight excluding hydrogens is 462 g/mol. The maximum absolute atomic E-state index is 13.3. The van der Waals surface area contributed by atoms with Gasteiger partial charge in [0.15, 0.2) is 0 Å². The van der Waals surface area contributed by atoms with Gasteiger partial charge in [-0.3, -0.25) is 9.59 Å². The van der Waals surface area contributed by atoms with E-state index >= 15 is 0 Å². The fourth-order valence-electron chi connectivity index (χ4n) is 4.52. The van der Waals surface area contributed by atoms with E-state index in [2.05, 4.69) is 5.32 Å². The largest absolute Gasteiger partial charge is 0.416 e. The molecule has 0 bridgehead atoms. The molecule has 34 heavy (non-hydrogen) atoms. The summed E-state index contributed by atoms with van der Waals surface area (Å²) in [5, 5.41) is 2.24. The molecule has 2 atom stereocenters. The molecule has 0 spiro atoms. The zero-order chi connectivity index (χ0) is 25.6. The Labute approximate surface area is 192 Å². The van der Waals surface area contributed by atoms with Gasteiger partial charge >= 0.3 is 12.4 Å². The van der Waals surface area contributed by atoms with Crippen LogP contribution < -0.4 is 10.2 Å². The summed E-state index contributed by atoms with van der Waals surface area (Å²) in [6, 6.07) is 6.36. The number of hydrogen-bond donors (Lipinski definition) is 1. The van der Waals surface area contributed by atoms with Crippen LogP contribution in [0, 0.1) is 25.2 Å². The molecule has 4 nitrogen and oxygen atoms in total. The maximum atomic E-state index is 13.3. The summed E-state index contributed by atoms with van der Waals surface area (Å²) in [5.74, 6) is -1.99. The zero-order valence-corrected chi connectivity index (χ0v) is 19.0. The first-order chi connectivity index (χ1) is 15.6. The normalized spacial score (nSPS) is 21.2. The number of nitrogens with zero attached hydrogens (tertiary/aromatic N) is 1. The van der Waals surface area contributed by atoms with Crippen LogP contribution in [0.1, 0.15) is 42.5 Å². The van der Waals surface area contributed by atoms with Crippen LogP contribution in [-0.2, 0) is 21.9 Å². The number of anilines is 2. The predicted octanol–water partition coefficient (Wildman–Crippen LogP) is 6.36. The van der Waals surface area contributed by atoms with E-state index in [0.717, 1.165) is 11.1 Å². The van der Waals surface area contributed by atoms with Crippen molar-refractivity contribution in [3.05, 3.63) is 58.7 Å². The van der Waals surface area contributed by atoms with E-state index in [4.69, 9.17) is 0 Å². The number of amides is 2. The lowest BCUT2D eigenvalue weighted by Gasteiger charge is -2.30. The molecule has 0 radical (unpaired) electrons. The Kier molecular flexibility index (Phi) is 6.49. The Balaban J connectivity index is 2.01. The van der Waals surface area contributed by atoms with Gasteiger partial charge in [0.05, 0.1) is 22.5 Å². The number of carbonyl (C=O) groups is 2. The minimum absolute atomic E-state index is 0.00431. The summed E-state index contributed by atoms with van der Waals surface area (Å²) in [6.07, 6.45) is -9.93. The fourth-order valence-corrected chi connectivity index (χ4v) is 4.52. The molecule has 1 N–H and O–H groups in total.